The molecule has 0 aliphatic heterocycles. The zero-order chi connectivity index (χ0) is 14.5. The van der Waals surface area contributed by atoms with Crippen molar-refractivity contribution in [3.05, 3.63) is 59.2 Å². The zero-order valence-electron chi connectivity index (χ0n) is 12.2. The number of benzene rings is 2. The molecule has 2 N–H and O–H groups in total. The Kier molecular flexibility index (Phi) is 4.64. The first-order chi connectivity index (χ1) is 9.60. The van der Waals surface area contributed by atoms with Crippen LogP contribution in [-0.2, 0) is 6.54 Å². The first-order valence-electron chi connectivity index (χ1n) is 6.76. The summed E-state index contributed by atoms with van der Waals surface area (Å²) in [6.07, 6.45) is 0. The monoisotopic (exact) mass is 271 g/mol. The highest BCUT2D eigenvalue weighted by molar-refractivity contribution is 5.39. The molecule has 0 saturated heterocycles. The molecule has 20 heavy (non-hydrogen) atoms. The Morgan fingerprint density at radius 3 is 2.45 bits per heavy atom. The first kappa shape index (κ1) is 14.4. The maximum absolute atomic E-state index is 9.92. The van der Waals surface area contributed by atoms with Crippen LogP contribution in [0.3, 0.4) is 0 Å². The molecule has 0 fully saturated rings. The summed E-state index contributed by atoms with van der Waals surface area (Å²) in [6, 6.07) is 14.1. The number of ether oxygens (including phenoxy) is 1. The van der Waals surface area contributed by atoms with Crippen LogP contribution in [0.5, 0.6) is 11.5 Å². The van der Waals surface area contributed by atoms with Crippen molar-refractivity contribution >= 4 is 0 Å². The fourth-order valence-electron chi connectivity index (χ4n) is 2.06. The molecular weight excluding hydrogens is 250 g/mol. The van der Waals surface area contributed by atoms with Crippen molar-refractivity contribution in [2.24, 2.45) is 0 Å². The van der Waals surface area contributed by atoms with Gasteiger partial charge in [-0.25, -0.2) is 0 Å². The van der Waals surface area contributed by atoms with Crippen molar-refractivity contribution in [1.82, 2.24) is 5.32 Å². The van der Waals surface area contributed by atoms with Crippen LogP contribution >= 0.6 is 0 Å². The summed E-state index contributed by atoms with van der Waals surface area (Å²) in [5.41, 5.74) is 3.36. The lowest BCUT2D eigenvalue weighted by Gasteiger charge is -2.15. The lowest BCUT2D eigenvalue weighted by atomic mass is 10.1. The molecule has 0 heterocycles. The number of phenolic OH excluding ortho intramolecular Hbond substituents is 1. The standard InChI is InChI=1S/C17H21NO2/c1-12-4-6-14(7-5-12)13(2)18-11-15-8-9-16(20-3)10-17(15)19/h4-10,13,18-19H,11H2,1-3H3. The largest absolute Gasteiger partial charge is 0.507 e. The van der Waals surface area contributed by atoms with E-state index >= 15 is 0 Å². The fourth-order valence-corrected chi connectivity index (χ4v) is 2.06. The Balaban J connectivity index is 1.99. The van der Waals surface area contributed by atoms with Gasteiger partial charge in [-0.3, -0.25) is 0 Å². The van der Waals surface area contributed by atoms with E-state index in [4.69, 9.17) is 4.74 Å². The van der Waals surface area contributed by atoms with E-state index in [2.05, 4.69) is 43.4 Å². The van der Waals surface area contributed by atoms with Gasteiger partial charge in [0.15, 0.2) is 0 Å². The van der Waals surface area contributed by atoms with E-state index in [-0.39, 0.29) is 11.8 Å². The number of hydrogen-bond acceptors (Lipinski definition) is 3. The highest BCUT2D eigenvalue weighted by atomic mass is 16.5. The summed E-state index contributed by atoms with van der Waals surface area (Å²) in [5, 5.41) is 13.3. The summed E-state index contributed by atoms with van der Waals surface area (Å²) in [5.74, 6) is 0.922. The van der Waals surface area contributed by atoms with Gasteiger partial charge in [0.25, 0.3) is 0 Å². The average Bonchev–Trinajstić information content (AvgIpc) is 2.46. The molecule has 0 radical (unpaired) electrons. The third kappa shape index (κ3) is 3.52. The number of methoxy groups -OCH3 is 1. The van der Waals surface area contributed by atoms with Crippen LogP contribution in [0.4, 0.5) is 0 Å². The number of nitrogens with one attached hydrogen (secondary N) is 1. The minimum absolute atomic E-state index is 0.233. The molecule has 1 unspecified atom stereocenters. The number of phenols is 1. The predicted molar refractivity (Wildman–Crippen MR) is 81.1 cm³/mol. The highest BCUT2D eigenvalue weighted by Crippen LogP contribution is 2.24. The minimum Gasteiger partial charge on any atom is -0.507 e. The number of hydrogen-bond donors (Lipinski definition) is 2. The summed E-state index contributed by atoms with van der Waals surface area (Å²) in [4.78, 5) is 0. The SMILES string of the molecule is COc1ccc(CNC(C)c2ccc(C)cc2)c(O)c1. The van der Waals surface area contributed by atoms with E-state index in [0.29, 0.717) is 12.3 Å². The lowest BCUT2D eigenvalue weighted by molar-refractivity contribution is 0.405. The second-order valence-electron chi connectivity index (χ2n) is 5.01. The molecule has 0 saturated carbocycles. The normalized spacial score (nSPS) is 12.2. The van der Waals surface area contributed by atoms with Crippen molar-refractivity contribution in [2.75, 3.05) is 7.11 Å². The molecule has 0 spiro atoms. The van der Waals surface area contributed by atoms with Crippen LogP contribution in [0.15, 0.2) is 42.5 Å². The van der Waals surface area contributed by atoms with Gasteiger partial charge < -0.3 is 15.2 Å². The topological polar surface area (TPSA) is 41.5 Å². The van der Waals surface area contributed by atoms with Gasteiger partial charge >= 0.3 is 0 Å². The first-order valence-corrected chi connectivity index (χ1v) is 6.76. The van der Waals surface area contributed by atoms with E-state index in [1.54, 1.807) is 13.2 Å². The highest BCUT2D eigenvalue weighted by Gasteiger charge is 2.07. The fraction of sp³-hybridized carbons (Fsp3) is 0.294. The van der Waals surface area contributed by atoms with Crippen molar-refractivity contribution in [1.29, 1.82) is 0 Å². The maximum Gasteiger partial charge on any atom is 0.123 e. The van der Waals surface area contributed by atoms with Crippen molar-refractivity contribution < 1.29 is 9.84 Å². The Labute approximate surface area is 120 Å². The molecule has 0 aliphatic carbocycles. The minimum atomic E-state index is 0.233. The Morgan fingerprint density at radius 1 is 1.15 bits per heavy atom. The summed E-state index contributed by atoms with van der Waals surface area (Å²) < 4.78 is 5.08. The van der Waals surface area contributed by atoms with E-state index in [1.807, 2.05) is 12.1 Å². The molecule has 0 aliphatic rings. The molecular formula is C17H21NO2. The number of aromatic hydroxyl groups is 1. The molecule has 3 heteroatoms. The third-order valence-electron chi connectivity index (χ3n) is 3.47. The second kappa shape index (κ2) is 6.44. The van der Waals surface area contributed by atoms with Gasteiger partial charge in [0.05, 0.1) is 7.11 Å². The average molecular weight is 271 g/mol. The molecule has 106 valence electrons. The molecule has 0 aromatic heterocycles. The van der Waals surface area contributed by atoms with Crippen molar-refractivity contribution in [3.8, 4) is 11.5 Å². The molecule has 2 rings (SSSR count). The Hall–Kier alpha value is -2.00. The molecule has 3 nitrogen and oxygen atoms in total. The second-order valence-corrected chi connectivity index (χ2v) is 5.01. The maximum atomic E-state index is 9.92. The van der Waals surface area contributed by atoms with Crippen LogP contribution in [0.25, 0.3) is 0 Å². The van der Waals surface area contributed by atoms with Gasteiger partial charge in [-0.15, -0.1) is 0 Å². The zero-order valence-corrected chi connectivity index (χ0v) is 12.2. The van der Waals surface area contributed by atoms with Gasteiger partial charge in [0.2, 0.25) is 0 Å². The number of aryl methyl sites for hydroxylation is 1. The predicted octanol–water partition coefficient (Wildman–Crippen LogP) is 3.56. The van der Waals surface area contributed by atoms with E-state index in [9.17, 15) is 5.11 Å². The smallest absolute Gasteiger partial charge is 0.123 e. The van der Waals surface area contributed by atoms with E-state index in [1.165, 1.54) is 11.1 Å². The lowest BCUT2D eigenvalue weighted by Crippen LogP contribution is -2.18. The van der Waals surface area contributed by atoms with Gasteiger partial charge in [-0.1, -0.05) is 35.9 Å². The third-order valence-corrected chi connectivity index (χ3v) is 3.47. The number of rotatable bonds is 5. The van der Waals surface area contributed by atoms with Crippen LogP contribution in [-0.4, -0.2) is 12.2 Å². The molecule has 0 bridgehead atoms. The van der Waals surface area contributed by atoms with Gasteiger partial charge in [0, 0.05) is 24.2 Å². The van der Waals surface area contributed by atoms with Crippen molar-refractivity contribution in [3.63, 3.8) is 0 Å². The molecule has 2 aromatic carbocycles. The van der Waals surface area contributed by atoms with Crippen molar-refractivity contribution in [2.45, 2.75) is 26.4 Å². The van der Waals surface area contributed by atoms with Gasteiger partial charge in [0.1, 0.15) is 11.5 Å². The van der Waals surface area contributed by atoms with Crippen LogP contribution in [0.1, 0.15) is 29.7 Å². The molecule has 0 amide bonds. The van der Waals surface area contributed by atoms with E-state index < -0.39 is 0 Å². The van der Waals surface area contributed by atoms with Crippen LogP contribution in [0.2, 0.25) is 0 Å². The van der Waals surface area contributed by atoms with Gasteiger partial charge in [-0.05, 0) is 25.5 Å². The van der Waals surface area contributed by atoms with Crippen LogP contribution < -0.4 is 10.1 Å². The van der Waals surface area contributed by atoms with E-state index in [0.717, 1.165) is 5.56 Å². The quantitative estimate of drug-likeness (QED) is 0.873. The summed E-state index contributed by atoms with van der Waals surface area (Å²) in [6.45, 7) is 4.81. The summed E-state index contributed by atoms with van der Waals surface area (Å²) >= 11 is 0. The van der Waals surface area contributed by atoms with Gasteiger partial charge in [-0.2, -0.15) is 0 Å². The molecule has 2 aromatic rings. The Morgan fingerprint density at radius 2 is 1.85 bits per heavy atom. The van der Waals surface area contributed by atoms with Crippen LogP contribution in [0, 0.1) is 6.92 Å². The summed E-state index contributed by atoms with van der Waals surface area (Å²) in [7, 11) is 1.59. The Bertz CT molecular complexity index is 564. The molecule has 1 atom stereocenters.